The Hall–Kier alpha value is -3.16. The van der Waals surface area contributed by atoms with Gasteiger partial charge in [-0.2, -0.15) is 0 Å². The van der Waals surface area contributed by atoms with E-state index in [1.165, 1.54) is 0 Å². The van der Waals surface area contributed by atoms with Crippen molar-refractivity contribution in [2.24, 2.45) is 39.4 Å². The summed E-state index contributed by atoms with van der Waals surface area (Å²) in [4.78, 5) is 50.5. The molecule has 10 heteroatoms. The zero-order valence-electron chi connectivity index (χ0n) is 30.3. The largest absolute Gasteiger partial charge is 0.481 e. The molecule has 47 heavy (non-hydrogen) atoms. The van der Waals surface area contributed by atoms with Gasteiger partial charge in [-0.25, -0.2) is 0 Å². The Bertz CT molecular complexity index is 1380. The van der Waals surface area contributed by atoms with E-state index in [-0.39, 0.29) is 25.9 Å². The molecule has 0 amide bonds. The molecule has 0 unspecified atom stereocenters. The van der Waals surface area contributed by atoms with Gasteiger partial charge >= 0.3 is 23.9 Å². The van der Waals surface area contributed by atoms with E-state index >= 15 is 0 Å². The summed E-state index contributed by atoms with van der Waals surface area (Å²) in [5.41, 5.74) is 0.411. The summed E-state index contributed by atoms with van der Waals surface area (Å²) in [6.07, 6.45) is -1.14. The third kappa shape index (κ3) is 10.9. The molecule has 2 rings (SSSR count). The van der Waals surface area contributed by atoms with Gasteiger partial charge in [0.15, 0.2) is 0 Å². The Morgan fingerprint density at radius 1 is 0.766 bits per heavy atom. The van der Waals surface area contributed by atoms with Crippen LogP contribution in [-0.2, 0) is 28.7 Å². The van der Waals surface area contributed by atoms with E-state index in [1.807, 2.05) is 24.3 Å². The van der Waals surface area contributed by atoms with Crippen molar-refractivity contribution in [3.63, 3.8) is 0 Å². The summed E-state index contributed by atoms with van der Waals surface area (Å²) in [6, 6.07) is 7.60. The van der Waals surface area contributed by atoms with Crippen LogP contribution in [0.15, 0.2) is 24.3 Å². The first-order valence-corrected chi connectivity index (χ1v) is 19.8. The summed E-state index contributed by atoms with van der Waals surface area (Å²) in [5, 5.41) is 30.7. The molecule has 1 aliphatic heterocycles. The number of hydrogen-bond acceptors (Lipinski definition) is 6. The second kappa shape index (κ2) is 14.5. The molecule has 0 aliphatic carbocycles. The second-order valence-electron chi connectivity index (χ2n) is 17.2. The van der Waals surface area contributed by atoms with Crippen LogP contribution in [0.3, 0.4) is 0 Å². The minimum atomic E-state index is -1.70. The Labute approximate surface area is 281 Å². The van der Waals surface area contributed by atoms with Gasteiger partial charge < -0.3 is 24.8 Å². The van der Waals surface area contributed by atoms with Crippen LogP contribution in [0.5, 0.6) is 0 Å². The molecule has 0 bridgehead atoms. The topological polar surface area (TPSA) is 147 Å². The zero-order chi connectivity index (χ0) is 36.3. The van der Waals surface area contributed by atoms with Gasteiger partial charge in [-0.05, 0) is 117 Å². The van der Waals surface area contributed by atoms with Gasteiger partial charge in [-0.3, -0.25) is 19.2 Å². The van der Waals surface area contributed by atoms with E-state index in [2.05, 4.69) is 31.1 Å². The normalized spacial score (nSPS) is 22.5. The van der Waals surface area contributed by atoms with Gasteiger partial charge in [0, 0.05) is 5.56 Å². The fraction of sp³-hybridized carbons (Fsp3) is 0.676. The Balaban J connectivity index is 2.90. The molecule has 262 valence electrons. The number of esters is 1. The molecular formula is C37H56O9Si. The fourth-order valence-electron chi connectivity index (χ4n) is 6.00. The standard InChI is InChI=1S/C37H56O9Si/c1-34(2,3)33(44)45-22-28-26(20-36(6,7)31(40)41)25(19-35(4,5)30(38)39)27(21-37(8,9)32(42)43)29(46-28)24-15-13-14-23(18-24)16-17-47(10,11)12/h13-15,18,25-29H,19-22H2,1-12H3,(H,38,39)(H,40,41)(H,42,43)/t25-,26+,27+,28-,29-/m0/s1. The molecule has 0 radical (unpaired) electrons. The predicted molar refractivity (Wildman–Crippen MR) is 183 cm³/mol. The van der Waals surface area contributed by atoms with Gasteiger partial charge in [0.25, 0.3) is 0 Å². The number of carbonyl (C=O) groups excluding carboxylic acids is 1. The van der Waals surface area contributed by atoms with Crippen LogP contribution in [0.25, 0.3) is 0 Å². The lowest BCUT2D eigenvalue weighted by Crippen LogP contribution is -2.51. The lowest BCUT2D eigenvalue weighted by molar-refractivity contribution is -0.199. The van der Waals surface area contributed by atoms with Crippen LogP contribution < -0.4 is 0 Å². The van der Waals surface area contributed by atoms with Crippen molar-refractivity contribution < 1.29 is 44.0 Å². The van der Waals surface area contributed by atoms with Crippen LogP contribution in [-0.4, -0.2) is 60.0 Å². The third-order valence-electron chi connectivity index (χ3n) is 9.05. The van der Waals surface area contributed by atoms with Crippen LogP contribution >= 0.6 is 0 Å². The van der Waals surface area contributed by atoms with E-state index in [1.54, 1.807) is 62.3 Å². The number of hydrogen-bond donors (Lipinski definition) is 3. The minimum Gasteiger partial charge on any atom is -0.481 e. The number of carbonyl (C=O) groups is 4. The number of rotatable bonds is 12. The number of carboxylic acid groups (broad SMARTS) is 3. The molecule has 1 aliphatic rings. The molecular weight excluding hydrogens is 616 g/mol. The molecule has 1 aromatic rings. The maximum atomic E-state index is 13.0. The quantitative estimate of drug-likeness (QED) is 0.118. The van der Waals surface area contributed by atoms with Crippen molar-refractivity contribution in [1.82, 2.24) is 0 Å². The Morgan fingerprint density at radius 2 is 1.23 bits per heavy atom. The van der Waals surface area contributed by atoms with Crippen LogP contribution in [0.2, 0.25) is 19.6 Å². The molecule has 1 heterocycles. The summed E-state index contributed by atoms with van der Waals surface area (Å²) in [7, 11) is -1.70. The summed E-state index contributed by atoms with van der Waals surface area (Å²) in [6.45, 7) is 21.2. The molecule has 0 aromatic heterocycles. The van der Waals surface area contributed by atoms with Crippen molar-refractivity contribution in [3.8, 4) is 11.5 Å². The second-order valence-corrected chi connectivity index (χ2v) is 22.0. The van der Waals surface area contributed by atoms with E-state index in [4.69, 9.17) is 9.47 Å². The van der Waals surface area contributed by atoms with Gasteiger partial charge in [-0.15, -0.1) is 5.54 Å². The van der Waals surface area contributed by atoms with Gasteiger partial charge in [0.1, 0.15) is 14.7 Å². The molecule has 3 N–H and O–H groups in total. The van der Waals surface area contributed by atoms with Crippen LogP contribution in [0, 0.1) is 50.9 Å². The van der Waals surface area contributed by atoms with E-state index < -0.39 is 83.6 Å². The maximum absolute atomic E-state index is 13.0. The smallest absolute Gasteiger partial charge is 0.311 e. The Kier molecular flexibility index (Phi) is 12.4. The number of benzene rings is 1. The zero-order valence-corrected chi connectivity index (χ0v) is 31.3. The predicted octanol–water partition coefficient (Wildman–Crippen LogP) is 7.30. The average molecular weight is 673 g/mol. The molecule has 1 saturated heterocycles. The maximum Gasteiger partial charge on any atom is 0.311 e. The van der Waals surface area contributed by atoms with E-state index in [0.717, 1.165) is 11.1 Å². The van der Waals surface area contributed by atoms with Gasteiger partial charge in [0.05, 0.1) is 33.9 Å². The minimum absolute atomic E-state index is 0.0961. The first-order valence-electron chi connectivity index (χ1n) is 16.3. The number of carboxylic acids is 3. The fourth-order valence-corrected chi connectivity index (χ4v) is 6.52. The first kappa shape index (κ1) is 40.0. The molecule has 1 aromatic carbocycles. The average Bonchev–Trinajstić information content (AvgIpc) is 2.91. The van der Waals surface area contributed by atoms with E-state index in [9.17, 15) is 34.5 Å². The highest BCUT2D eigenvalue weighted by molar-refractivity contribution is 6.83. The van der Waals surface area contributed by atoms with Gasteiger partial charge in [0.2, 0.25) is 0 Å². The first-order chi connectivity index (χ1) is 21.2. The van der Waals surface area contributed by atoms with Gasteiger partial charge in [-0.1, -0.05) is 37.7 Å². The van der Waals surface area contributed by atoms with Crippen molar-refractivity contribution in [2.75, 3.05) is 6.61 Å². The molecule has 1 fully saturated rings. The SMILES string of the molecule is CC(C)(C)C(=O)OC[C@@H]1O[C@@H](c2cccc(C#C[Si](C)(C)C)c2)[C@H](CC(C)(C)C(=O)O)[C@@H](CC(C)(C)C(=O)O)[C@H]1CC(C)(C)C(=O)O. The molecule has 9 nitrogen and oxygen atoms in total. The molecule has 5 atom stereocenters. The van der Waals surface area contributed by atoms with Crippen molar-refractivity contribution in [3.05, 3.63) is 35.4 Å². The summed E-state index contributed by atoms with van der Waals surface area (Å²) >= 11 is 0. The lowest BCUT2D eigenvalue weighted by Gasteiger charge is -2.51. The Morgan fingerprint density at radius 3 is 1.68 bits per heavy atom. The van der Waals surface area contributed by atoms with Crippen LogP contribution in [0.1, 0.15) is 98.8 Å². The summed E-state index contributed by atoms with van der Waals surface area (Å²) < 4.78 is 12.7. The third-order valence-corrected chi connectivity index (χ3v) is 9.93. The van der Waals surface area contributed by atoms with Crippen molar-refractivity contribution >= 4 is 32.0 Å². The molecule has 0 spiro atoms. The van der Waals surface area contributed by atoms with Crippen molar-refractivity contribution in [2.45, 2.75) is 113 Å². The number of ether oxygens (including phenoxy) is 2. The van der Waals surface area contributed by atoms with E-state index in [0.29, 0.717) is 0 Å². The highest BCUT2D eigenvalue weighted by atomic mass is 28.3. The molecule has 0 saturated carbocycles. The van der Waals surface area contributed by atoms with Crippen LogP contribution in [0.4, 0.5) is 0 Å². The van der Waals surface area contributed by atoms with Crippen molar-refractivity contribution in [1.29, 1.82) is 0 Å². The number of aliphatic carboxylic acids is 3. The summed E-state index contributed by atoms with van der Waals surface area (Å²) in [5.74, 6) is -1.84. The lowest BCUT2D eigenvalue weighted by atomic mass is 9.60. The highest BCUT2D eigenvalue weighted by Gasteiger charge is 2.53. The highest BCUT2D eigenvalue weighted by Crippen LogP contribution is 2.54. The monoisotopic (exact) mass is 672 g/mol.